The van der Waals surface area contributed by atoms with Gasteiger partial charge in [-0.15, -0.1) is 5.73 Å². The van der Waals surface area contributed by atoms with Gasteiger partial charge in [0.25, 0.3) is 0 Å². The number of hydrogen-bond acceptors (Lipinski definition) is 1. The van der Waals surface area contributed by atoms with Crippen LogP contribution in [-0.4, -0.2) is 15.7 Å². The van der Waals surface area contributed by atoms with Crippen LogP contribution in [0.1, 0.15) is 41.9 Å². The first-order valence-electron chi connectivity index (χ1n) is 15.2. The van der Waals surface area contributed by atoms with E-state index in [1.807, 2.05) is 12.2 Å². The molecule has 0 saturated heterocycles. The topological polar surface area (TPSA) is 13.1 Å². The van der Waals surface area contributed by atoms with Crippen LogP contribution < -0.4 is 4.90 Å². The second-order valence-corrected chi connectivity index (χ2v) is 11.1. The van der Waals surface area contributed by atoms with E-state index in [9.17, 15) is 0 Å². The molecule has 44 heavy (non-hydrogen) atoms. The third-order valence-electron chi connectivity index (χ3n) is 8.63. The Bertz CT molecular complexity index is 2160. The maximum absolute atomic E-state index is 3.97. The highest BCUT2D eigenvalue weighted by Crippen LogP contribution is 2.35. The van der Waals surface area contributed by atoms with E-state index in [1.54, 1.807) is 0 Å². The number of para-hydroxylation sites is 1. The maximum Gasteiger partial charge on any atom is 0.0547 e. The molecule has 0 amide bonds. The van der Waals surface area contributed by atoms with E-state index in [0.717, 1.165) is 23.5 Å². The minimum absolute atomic E-state index is 0.862. The molecule has 0 bridgehead atoms. The Morgan fingerprint density at radius 1 is 0.818 bits per heavy atom. The van der Waals surface area contributed by atoms with Crippen LogP contribution in [0.3, 0.4) is 0 Å². The SMILES string of the molecule is C=Cc1ccc2c(c1)c(/C=C\C)c(C)n2-c1ccc(N(CC)c2ccc(-n3c4c(c5ccccc53)C=C=CC=C4)cc2)cc1. The second-order valence-electron chi connectivity index (χ2n) is 11.1. The number of hydrogen-bond donors (Lipinski definition) is 0. The minimum atomic E-state index is 0.862. The van der Waals surface area contributed by atoms with Crippen molar-refractivity contribution < 1.29 is 0 Å². The van der Waals surface area contributed by atoms with E-state index in [4.69, 9.17) is 0 Å². The molecule has 0 unspecified atom stereocenters. The highest BCUT2D eigenvalue weighted by atomic mass is 15.1. The lowest BCUT2D eigenvalue weighted by molar-refractivity contribution is 1.01. The van der Waals surface area contributed by atoms with Gasteiger partial charge in [-0.25, -0.2) is 0 Å². The molecule has 4 aromatic carbocycles. The zero-order chi connectivity index (χ0) is 30.2. The van der Waals surface area contributed by atoms with Gasteiger partial charge in [-0.3, -0.25) is 0 Å². The number of rotatable bonds is 7. The van der Waals surface area contributed by atoms with Crippen LogP contribution in [0.4, 0.5) is 11.4 Å². The number of benzene rings is 4. The van der Waals surface area contributed by atoms with Crippen molar-refractivity contribution in [1.82, 2.24) is 9.13 Å². The van der Waals surface area contributed by atoms with Crippen LogP contribution >= 0.6 is 0 Å². The van der Waals surface area contributed by atoms with E-state index < -0.39 is 0 Å². The summed E-state index contributed by atoms with van der Waals surface area (Å²) < 4.78 is 4.70. The first kappa shape index (κ1) is 27.3. The molecular weight excluding hydrogens is 534 g/mol. The van der Waals surface area contributed by atoms with Crippen LogP contribution in [0.15, 0.2) is 122 Å². The monoisotopic (exact) mass is 569 g/mol. The number of anilines is 2. The molecule has 6 aromatic rings. The molecule has 0 spiro atoms. The minimum Gasteiger partial charge on any atom is -0.342 e. The van der Waals surface area contributed by atoms with Crippen molar-refractivity contribution >= 4 is 57.5 Å². The van der Waals surface area contributed by atoms with Gasteiger partial charge in [0.05, 0.1) is 16.7 Å². The van der Waals surface area contributed by atoms with Gasteiger partial charge in [0.2, 0.25) is 0 Å². The van der Waals surface area contributed by atoms with Gasteiger partial charge in [-0.1, -0.05) is 55.1 Å². The van der Waals surface area contributed by atoms with Gasteiger partial charge in [0.1, 0.15) is 0 Å². The number of fused-ring (bicyclic) bond motifs is 4. The van der Waals surface area contributed by atoms with Crippen LogP contribution in [0.25, 0.3) is 57.5 Å². The molecule has 0 radical (unpaired) electrons. The van der Waals surface area contributed by atoms with Crippen molar-refractivity contribution in [2.24, 2.45) is 0 Å². The Morgan fingerprint density at radius 2 is 1.50 bits per heavy atom. The fourth-order valence-electron chi connectivity index (χ4n) is 6.58. The van der Waals surface area contributed by atoms with Crippen molar-refractivity contribution in [3.8, 4) is 11.4 Å². The predicted molar refractivity (Wildman–Crippen MR) is 190 cm³/mol. The lowest BCUT2D eigenvalue weighted by Crippen LogP contribution is -2.16. The van der Waals surface area contributed by atoms with E-state index in [2.05, 4.69) is 168 Å². The highest BCUT2D eigenvalue weighted by molar-refractivity contribution is 5.96. The lowest BCUT2D eigenvalue weighted by Gasteiger charge is -2.24. The third-order valence-corrected chi connectivity index (χ3v) is 8.63. The maximum atomic E-state index is 3.97. The summed E-state index contributed by atoms with van der Waals surface area (Å²) in [6.45, 7) is 11.3. The fraction of sp³-hybridized carbons (Fsp3) is 0.0976. The standard InChI is InChI=1S/C41H35N3/c1-5-13-35-29(4)43(41-27-18-30(6-2)28-38(35)41)33-23-19-31(20-24-33)42(7-3)32-21-25-34(26-22-32)44-39-16-10-8-9-14-36(39)37-15-11-12-17-40(37)44/h5-6,8,10-28H,2,7H2,1,3-4H3/b13-5-. The molecule has 0 fully saturated rings. The Morgan fingerprint density at radius 3 is 2.18 bits per heavy atom. The van der Waals surface area contributed by atoms with Gasteiger partial charge in [0.15, 0.2) is 0 Å². The van der Waals surface area contributed by atoms with Gasteiger partial charge < -0.3 is 14.0 Å². The molecule has 1 aliphatic rings. The van der Waals surface area contributed by atoms with E-state index in [-0.39, 0.29) is 0 Å². The molecular formula is C41H35N3. The summed E-state index contributed by atoms with van der Waals surface area (Å²) in [5, 5.41) is 2.48. The summed E-state index contributed by atoms with van der Waals surface area (Å²) in [4.78, 5) is 2.36. The van der Waals surface area contributed by atoms with Crippen LogP contribution in [-0.2, 0) is 0 Å². The average molecular weight is 570 g/mol. The quantitative estimate of drug-likeness (QED) is 0.174. The van der Waals surface area contributed by atoms with Crippen molar-refractivity contribution in [3.63, 3.8) is 0 Å². The van der Waals surface area contributed by atoms with Crippen molar-refractivity contribution in [2.75, 3.05) is 11.4 Å². The van der Waals surface area contributed by atoms with Gasteiger partial charge in [-0.05, 0) is 111 Å². The zero-order valence-electron chi connectivity index (χ0n) is 25.5. The summed E-state index contributed by atoms with van der Waals surface area (Å²) in [5.74, 6) is 0. The van der Waals surface area contributed by atoms with E-state index >= 15 is 0 Å². The normalized spacial score (nSPS) is 12.3. The zero-order valence-corrected chi connectivity index (χ0v) is 25.5. The summed E-state index contributed by atoms with van der Waals surface area (Å²) in [6, 6.07) is 33.0. The molecule has 7 rings (SSSR count). The van der Waals surface area contributed by atoms with E-state index in [1.165, 1.54) is 55.7 Å². The van der Waals surface area contributed by atoms with Gasteiger partial charge in [0, 0.05) is 56.9 Å². The fourth-order valence-corrected chi connectivity index (χ4v) is 6.58. The molecule has 2 aromatic heterocycles. The van der Waals surface area contributed by atoms with Crippen molar-refractivity contribution in [1.29, 1.82) is 0 Å². The molecule has 1 aliphatic carbocycles. The predicted octanol–water partition coefficient (Wildman–Crippen LogP) is 10.9. The third kappa shape index (κ3) is 4.46. The highest BCUT2D eigenvalue weighted by Gasteiger charge is 2.17. The second kappa shape index (κ2) is 11.3. The summed E-state index contributed by atoms with van der Waals surface area (Å²) in [5.41, 5.74) is 16.3. The van der Waals surface area contributed by atoms with Crippen LogP contribution in [0.5, 0.6) is 0 Å². The van der Waals surface area contributed by atoms with Crippen molar-refractivity contribution in [2.45, 2.75) is 20.8 Å². The largest absolute Gasteiger partial charge is 0.342 e. The number of allylic oxidation sites excluding steroid dienone is 3. The Hall–Kier alpha value is -5.50. The molecule has 214 valence electrons. The Labute approximate surface area is 259 Å². The molecule has 0 atom stereocenters. The Kier molecular flexibility index (Phi) is 7.02. The van der Waals surface area contributed by atoms with Crippen LogP contribution in [0.2, 0.25) is 0 Å². The molecule has 0 N–H and O–H groups in total. The average Bonchev–Trinajstić information content (AvgIpc) is 3.38. The first-order valence-corrected chi connectivity index (χ1v) is 15.2. The molecule has 2 heterocycles. The summed E-state index contributed by atoms with van der Waals surface area (Å²) >= 11 is 0. The number of nitrogens with zero attached hydrogens (tertiary/aromatic N) is 3. The van der Waals surface area contributed by atoms with E-state index in [0.29, 0.717) is 0 Å². The van der Waals surface area contributed by atoms with Crippen LogP contribution in [0, 0.1) is 6.92 Å². The molecule has 0 aliphatic heterocycles. The van der Waals surface area contributed by atoms with Gasteiger partial charge in [-0.2, -0.15) is 0 Å². The summed E-state index contributed by atoms with van der Waals surface area (Å²) in [7, 11) is 0. The smallest absolute Gasteiger partial charge is 0.0547 e. The van der Waals surface area contributed by atoms with Gasteiger partial charge >= 0.3 is 0 Å². The molecule has 3 nitrogen and oxygen atoms in total. The molecule has 3 heteroatoms. The summed E-state index contributed by atoms with van der Waals surface area (Å²) in [6.07, 6.45) is 14.5. The first-order chi connectivity index (χ1) is 21.6. The Balaban J connectivity index is 1.24. The van der Waals surface area contributed by atoms with Crippen molar-refractivity contribution in [3.05, 3.63) is 150 Å². The molecule has 0 saturated carbocycles. The lowest BCUT2D eigenvalue weighted by atomic mass is 10.1. The number of aromatic nitrogens is 2.